The number of hydrogen-bond donors (Lipinski definition) is 0. The number of carbonyl (C=O) groups is 1. The molecule has 3 aromatic heterocycles. The average Bonchev–Trinajstić information content (AvgIpc) is 3.24. The van der Waals surface area contributed by atoms with Gasteiger partial charge in [-0.05, 0) is 43.0 Å². The first-order valence-electron chi connectivity index (χ1n) is 7.72. The van der Waals surface area contributed by atoms with E-state index in [1.165, 1.54) is 16.9 Å². The Morgan fingerprint density at radius 2 is 2.17 bits per heavy atom. The van der Waals surface area contributed by atoms with E-state index in [1.807, 2.05) is 56.1 Å². The first-order valence-corrected chi connectivity index (χ1v) is 9.48. The third kappa shape index (κ3) is 3.71. The maximum absolute atomic E-state index is 12.7. The first-order chi connectivity index (χ1) is 11.5. The predicted octanol–water partition coefficient (Wildman–Crippen LogP) is 4.28. The summed E-state index contributed by atoms with van der Waals surface area (Å²) < 4.78 is 0. The van der Waals surface area contributed by atoms with Crippen LogP contribution in [-0.4, -0.2) is 33.9 Å². The van der Waals surface area contributed by atoms with E-state index in [0.29, 0.717) is 5.69 Å². The number of rotatable bonds is 5. The monoisotopic (exact) mass is 357 g/mol. The second-order valence-corrected chi connectivity index (χ2v) is 7.61. The van der Waals surface area contributed by atoms with Gasteiger partial charge >= 0.3 is 0 Å². The van der Waals surface area contributed by atoms with Crippen LogP contribution in [0.25, 0.3) is 9.88 Å². The fraction of sp³-hybridized carbons (Fsp3) is 0.278. The van der Waals surface area contributed by atoms with Crippen molar-refractivity contribution in [3.63, 3.8) is 0 Å². The van der Waals surface area contributed by atoms with Gasteiger partial charge in [-0.3, -0.25) is 9.78 Å². The lowest BCUT2D eigenvalue weighted by atomic mass is 10.1. The van der Waals surface area contributed by atoms with Gasteiger partial charge in [-0.2, -0.15) is 0 Å². The Labute approximate surface area is 149 Å². The van der Waals surface area contributed by atoms with Gasteiger partial charge in [-0.1, -0.05) is 6.07 Å². The standard InChI is InChI=1S/C18H19N3OS2/c1-12-6-7-19-14(9-12)10-13(2)21(3)18(22)15-11-24-17(20-15)16-5-4-8-23-16/h4-9,11,13H,10H2,1-3H3/t13-/m0/s1. The van der Waals surface area contributed by atoms with E-state index in [0.717, 1.165) is 22.0 Å². The lowest BCUT2D eigenvalue weighted by Gasteiger charge is -2.24. The van der Waals surface area contributed by atoms with E-state index in [2.05, 4.69) is 16.0 Å². The number of likely N-dealkylation sites (N-methyl/N-ethyl adjacent to an activating group) is 1. The molecule has 0 radical (unpaired) electrons. The van der Waals surface area contributed by atoms with Crippen LogP contribution >= 0.6 is 22.7 Å². The van der Waals surface area contributed by atoms with E-state index in [1.54, 1.807) is 16.2 Å². The van der Waals surface area contributed by atoms with Crippen molar-refractivity contribution >= 4 is 28.6 Å². The van der Waals surface area contributed by atoms with Gasteiger partial charge in [-0.15, -0.1) is 22.7 Å². The molecule has 3 heterocycles. The smallest absolute Gasteiger partial charge is 0.273 e. The molecule has 0 unspecified atom stereocenters. The van der Waals surface area contributed by atoms with Gasteiger partial charge < -0.3 is 4.90 Å². The third-order valence-electron chi connectivity index (χ3n) is 3.91. The zero-order valence-electron chi connectivity index (χ0n) is 13.9. The molecule has 124 valence electrons. The maximum Gasteiger partial charge on any atom is 0.273 e. The van der Waals surface area contributed by atoms with E-state index >= 15 is 0 Å². The molecule has 0 saturated carbocycles. The fourth-order valence-corrected chi connectivity index (χ4v) is 4.02. The number of aryl methyl sites for hydroxylation is 1. The van der Waals surface area contributed by atoms with Crippen molar-refractivity contribution in [1.29, 1.82) is 0 Å². The molecule has 0 aliphatic rings. The molecule has 1 atom stereocenters. The Morgan fingerprint density at radius 1 is 1.33 bits per heavy atom. The van der Waals surface area contributed by atoms with E-state index in [9.17, 15) is 4.79 Å². The molecule has 4 nitrogen and oxygen atoms in total. The molecule has 3 rings (SSSR count). The van der Waals surface area contributed by atoms with Crippen LogP contribution < -0.4 is 0 Å². The van der Waals surface area contributed by atoms with Crippen LogP contribution in [0, 0.1) is 6.92 Å². The molecule has 0 saturated heterocycles. The molecule has 0 bridgehead atoms. The van der Waals surface area contributed by atoms with Gasteiger partial charge in [0.05, 0.1) is 4.88 Å². The molecule has 0 aliphatic heterocycles. The Kier molecular flexibility index (Phi) is 5.06. The molecule has 3 aromatic rings. The van der Waals surface area contributed by atoms with E-state index in [4.69, 9.17) is 0 Å². The highest BCUT2D eigenvalue weighted by atomic mass is 32.1. The van der Waals surface area contributed by atoms with Crippen LogP contribution in [0.4, 0.5) is 0 Å². The number of nitrogens with zero attached hydrogens (tertiary/aromatic N) is 3. The predicted molar refractivity (Wildman–Crippen MR) is 99.7 cm³/mol. The zero-order valence-corrected chi connectivity index (χ0v) is 15.5. The summed E-state index contributed by atoms with van der Waals surface area (Å²) in [4.78, 5) is 24.4. The summed E-state index contributed by atoms with van der Waals surface area (Å²) in [5, 5.41) is 4.75. The summed E-state index contributed by atoms with van der Waals surface area (Å²) in [5.74, 6) is -0.0470. The molecule has 0 aliphatic carbocycles. The molecule has 24 heavy (non-hydrogen) atoms. The van der Waals surface area contributed by atoms with Crippen molar-refractivity contribution in [3.8, 4) is 9.88 Å². The van der Waals surface area contributed by atoms with Gasteiger partial charge in [0.15, 0.2) is 0 Å². The minimum atomic E-state index is -0.0470. The average molecular weight is 358 g/mol. The quantitative estimate of drug-likeness (QED) is 0.685. The second-order valence-electron chi connectivity index (χ2n) is 5.81. The minimum Gasteiger partial charge on any atom is -0.337 e. The molecule has 0 N–H and O–H groups in total. The second kappa shape index (κ2) is 7.23. The molecule has 0 spiro atoms. The van der Waals surface area contributed by atoms with Crippen molar-refractivity contribution in [3.05, 3.63) is 58.2 Å². The zero-order chi connectivity index (χ0) is 17.1. The van der Waals surface area contributed by atoms with Crippen LogP contribution in [0.1, 0.15) is 28.7 Å². The Hall–Kier alpha value is -2.05. The fourth-order valence-electron chi connectivity index (χ4n) is 2.42. The number of thiophene rings is 1. The highest BCUT2D eigenvalue weighted by Crippen LogP contribution is 2.28. The van der Waals surface area contributed by atoms with Gasteiger partial charge in [0.25, 0.3) is 5.91 Å². The lowest BCUT2D eigenvalue weighted by Crippen LogP contribution is -2.36. The summed E-state index contributed by atoms with van der Waals surface area (Å²) >= 11 is 3.14. The Balaban J connectivity index is 1.70. The number of carbonyl (C=O) groups excluding carboxylic acids is 1. The van der Waals surface area contributed by atoms with Crippen LogP contribution in [0.2, 0.25) is 0 Å². The normalized spacial score (nSPS) is 12.1. The number of aromatic nitrogens is 2. The van der Waals surface area contributed by atoms with Crippen LogP contribution in [-0.2, 0) is 6.42 Å². The number of thiazole rings is 1. The lowest BCUT2D eigenvalue weighted by molar-refractivity contribution is 0.0738. The van der Waals surface area contributed by atoms with Crippen molar-refractivity contribution in [2.45, 2.75) is 26.3 Å². The van der Waals surface area contributed by atoms with Crippen molar-refractivity contribution in [2.75, 3.05) is 7.05 Å². The van der Waals surface area contributed by atoms with E-state index in [-0.39, 0.29) is 11.9 Å². The number of pyridine rings is 1. The topological polar surface area (TPSA) is 46.1 Å². The largest absolute Gasteiger partial charge is 0.337 e. The van der Waals surface area contributed by atoms with Crippen molar-refractivity contribution in [2.24, 2.45) is 0 Å². The summed E-state index contributed by atoms with van der Waals surface area (Å²) in [5.41, 5.74) is 2.69. The molecule has 1 amide bonds. The minimum absolute atomic E-state index is 0.0470. The first kappa shape index (κ1) is 16.8. The Morgan fingerprint density at radius 3 is 2.88 bits per heavy atom. The summed E-state index contributed by atoms with van der Waals surface area (Å²) in [6, 6.07) is 8.11. The molecular formula is C18H19N3OS2. The Bertz CT molecular complexity index is 826. The van der Waals surface area contributed by atoms with Gasteiger partial charge in [0.2, 0.25) is 0 Å². The van der Waals surface area contributed by atoms with Crippen LogP contribution in [0.5, 0.6) is 0 Å². The third-order valence-corrected chi connectivity index (χ3v) is 5.79. The molecule has 0 aromatic carbocycles. The van der Waals surface area contributed by atoms with Crippen molar-refractivity contribution in [1.82, 2.24) is 14.9 Å². The maximum atomic E-state index is 12.7. The highest BCUT2D eigenvalue weighted by Gasteiger charge is 2.21. The molecular weight excluding hydrogens is 338 g/mol. The van der Waals surface area contributed by atoms with Gasteiger partial charge in [0.1, 0.15) is 10.7 Å². The van der Waals surface area contributed by atoms with E-state index < -0.39 is 0 Å². The van der Waals surface area contributed by atoms with Gasteiger partial charge in [-0.25, -0.2) is 4.98 Å². The highest BCUT2D eigenvalue weighted by molar-refractivity contribution is 7.20. The molecule has 6 heteroatoms. The van der Waals surface area contributed by atoms with Gasteiger partial charge in [0, 0.05) is 36.8 Å². The van der Waals surface area contributed by atoms with Crippen molar-refractivity contribution < 1.29 is 4.79 Å². The number of hydrogen-bond acceptors (Lipinski definition) is 5. The number of amides is 1. The van der Waals surface area contributed by atoms with Crippen LogP contribution in [0.3, 0.4) is 0 Å². The summed E-state index contributed by atoms with van der Waals surface area (Å²) in [7, 11) is 1.83. The molecule has 0 fully saturated rings. The summed E-state index contributed by atoms with van der Waals surface area (Å²) in [6.07, 6.45) is 2.54. The van der Waals surface area contributed by atoms with Crippen LogP contribution in [0.15, 0.2) is 41.2 Å². The SMILES string of the molecule is Cc1ccnc(C[C@H](C)N(C)C(=O)c2csc(-c3cccs3)n2)c1. The summed E-state index contributed by atoms with van der Waals surface area (Å²) in [6.45, 7) is 4.08.